The summed E-state index contributed by atoms with van der Waals surface area (Å²) in [7, 11) is 3.44. The van der Waals surface area contributed by atoms with E-state index in [4.69, 9.17) is 13.9 Å². The predicted molar refractivity (Wildman–Crippen MR) is 105 cm³/mol. The molecule has 1 aliphatic rings. The van der Waals surface area contributed by atoms with Crippen LogP contribution in [0.3, 0.4) is 0 Å². The third-order valence-electron chi connectivity index (χ3n) is 4.47. The molecule has 0 amide bonds. The van der Waals surface area contributed by atoms with Crippen LogP contribution in [0, 0.1) is 0 Å². The average molecular weight is 369 g/mol. The highest BCUT2D eigenvalue weighted by Crippen LogP contribution is 2.29. The van der Waals surface area contributed by atoms with E-state index < -0.39 is 18.0 Å². The lowest BCUT2D eigenvalue weighted by Gasteiger charge is -2.31. The van der Waals surface area contributed by atoms with Crippen LogP contribution >= 0.6 is 0 Å². The van der Waals surface area contributed by atoms with Crippen molar-refractivity contribution in [3.63, 3.8) is 0 Å². The number of fused-ring (bicyclic) bond motifs is 1. The van der Waals surface area contributed by atoms with Crippen molar-refractivity contribution in [2.45, 2.75) is 25.4 Å². The van der Waals surface area contributed by atoms with Crippen LogP contribution in [0.2, 0.25) is 0 Å². The Morgan fingerprint density at radius 2 is 2.07 bits per heavy atom. The van der Waals surface area contributed by atoms with Crippen molar-refractivity contribution >= 4 is 16.7 Å². The molecule has 3 atom stereocenters. The van der Waals surface area contributed by atoms with Gasteiger partial charge in [-0.15, -0.1) is 0 Å². The lowest BCUT2D eigenvalue weighted by atomic mass is 10.0. The van der Waals surface area contributed by atoms with Gasteiger partial charge in [0.1, 0.15) is 17.8 Å². The van der Waals surface area contributed by atoms with Crippen LogP contribution in [-0.2, 0) is 9.47 Å². The fourth-order valence-corrected chi connectivity index (χ4v) is 2.95. The van der Waals surface area contributed by atoms with Gasteiger partial charge in [-0.2, -0.15) is 0 Å². The van der Waals surface area contributed by atoms with Gasteiger partial charge in [0.2, 0.25) is 0 Å². The zero-order valence-electron chi connectivity index (χ0n) is 15.6. The van der Waals surface area contributed by atoms with Crippen molar-refractivity contribution in [1.82, 2.24) is 0 Å². The molecule has 1 aromatic carbocycles. The summed E-state index contributed by atoms with van der Waals surface area (Å²) < 4.78 is 16.4. The molecule has 0 bridgehead atoms. The Morgan fingerprint density at radius 1 is 1.33 bits per heavy atom. The Balaban J connectivity index is 1.98. The maximum atomic E-state index is 12.0. The first-order valence-electron chi connectivity index (χ1n) is 8.59. The quantitative estimate of drug-likeness (QED) is 0.479. The van der Waals surface area contributed by atoms with Crippen molar-refractivity contribution in [3.8, 4) is 0 Å². The first-order valence-corrected chi connectivity index (χ1v) is 8.59. The number of anilines is 1. The number of methoxy groups -OCH3 is 1. The molecule has 1 heterocycles. The SMILES string of the molecule is C=C(C)C(O)OC1C=C(N(C)c2cc(=O)oc3ccccc23)C=CC1OC. The molecule has 142 valence electrons. The largest absolute Gasteiger partial charge is 0.423 e. The van der Waals surface area contributed by atoms with E-state index >= 15 is 0 Å². The summed E-state index contributed by atoms with van der Waals surface area (Å²) in [5.41, 5.74) is 2.13. The molecule has 1 aromatic heterocycles. The number of likely N-dealkylation sites (N-methyl/N-ethyl adjacent to an activating group) is 1. The molecule has 0 spiro atoms. The molecule has 1 aliphatic carbocycles. The van der Waals surface area contributed by atoms with Gasteiger partial charge in [-0.05, 0) is 36.8 Å². The lowest BCUT2D eigenvalue weighted by molar-refractivity contribution is -0.126. The van der Waals surface area contributed by atoms with E-state index in [9.17, 15) is 9.90 Å². The smallest absolute Gasteiger partial charge is 0.338 e. The van der Waals surface area contributed by atoms with Crippen LogP contribution in [0.1, 0.15) is 6.92 Å². The van der Waals surface area contributed by atoms with Crippen molar-refractivity contribution in [3.05, 3.63) is 76.8 Å². The minimum absolute atomic E-state index is 0.339. The van der Waals surface area contributed by atoms with Gasteiger partial charge in [0.05, 0.1) is 5.69 Å². The summed E-state index contributed by atoms with van der Waals surface area (Å²) >= 11 is 0. The summed E-state index contributed by atoms with van der Waals surface area (Å²) in [6, 6.07) is 8.82. The van der Waals surface area contributed by atoms with Gasteiger partial charge in [-0.1, -0.05) is 24.8 Å². The maximum absolute atomic E-state index is 12.0. The van der Waals surface area contributed by atoms with E-state index in [0.29, 0.717) is 16.8 Å². The van der Waals surface area contributed by atoms with Gasteiger partial charge in [0.15, 0.2) is 6.29 Å². The second-order valence-corrected chi connectivity index (χ2v) is 6.46. The molecule has 27 heavy (non-hydrogen) atoms. The lowest BCUT2D eigenvalue weighted by Crippen LogP contribution is -2.35. The number of hydrogen-bond donors (Lipinski definition) is 1. The normalized spacial score (nSPS) is 20.4. The van der Waals surface area contributed by atoms with Crippen molar-refractivity contribution < 1.29 is 19.0 Å². The molecule has 0 radical (unpaired) electrons. The standard InChI is InChI=1S/C21H23NO5/c1-13(2)21(24)27-19-11-14(9-10-18(19)25-4)22(3)16-12-20(23)26-17-8-6-5-7-15(16)17/h5-12,18-19,21,24H,1H2,2-4H3. The summed E-state index contributed by atoms with van der Waals surface area (Å²) in [6.07, 6.45) is 3.67. The minimum atomic E-state index is -1.09. The molecule has 2 aromatic rings. The highest BCUT2D eigenvalue weighted by Gasteiger charge is 2.26. The monoisotopic (exact) mass is 369 g/mol. The number of allylic oxidation sites excluding steroid dienone is 1. The van der Waals surface area contributed by atoms with Crippen molar-refractivity contribution in [1.29, 1.82) is 0 Å². The highest BCUT2D eigenvalue weighted by atomic mass is 16.6. The number of ether oxygens (including phenoxy) is 2. The summed E-state index contributed by atoms with van der Waals surface area (Å²) in [4.78, 5) is 13.8. The van der Waals surface area contributed by atoms with Gasteiger partial charge >= 0.3 is 5.63 Å². The molecule has 6 nitrogen and oxygen atoms in total. The van der Waals surface area contributed by atoms with Gasteiger partial charge in [0.25, 0.3) is 0 Å². The van der Waals surface area contributed by atoms with Crippen LogP contribution in [-0.4, -0.2) is 37.8 Å². The Kier molecular flexibility index (Phi) is 5.60. The number of benzene rings is 1. The minimum Gasteiger partial charge on any atom is -0.423 e. The van der Waals surface area contributed by atoms with Gasteiger partial charge in [0, 0.05) is 31.3 Å². The van der Waals surface area contributed by atoms with E-state index in [1.54, 1.807) is 20.1 Å². The molecular weight excluding hydrogens is 346 g/mol. The van der Waals surface area contributed by atoms with Gasteiger partial charge < -0.3 is 23.9 Å². The molecular formula is C21H23NO5. The van der Waals surface area contributed by atoms with E-state index in [2.05, 4.69) is 6.58 Å². The molecule has 3 rings (SSSR count). The number of hydrogen-bond acceptors (Lipinski definition) is 6. The summed E-state index contributed by atoms with van der Waals surface area (Å²) in [5.74, 6) is 0. The van der Waals surface area contributed by atoms with Crippen LogP contribution in [0.25, 0.3) is 11.0 Å². The second-order valence-electron chi connectivity index (χ2n) is 6.46. The predicted octanol–water partition coefficient (Wildman–Crippen LogP) is 2.98. The molecule has 0 aliphatic heterocycles. The molecule has 0 fully saturated rings. The van der Waals surface area contributed by atoms with Crippen LogP contribution < -0.4 is 10.5 Å². The molecule has 6 heteroatoms. The van der Waals surface area contributed by atoms with Gasteiger partial charge in [-0.3, -0.25) is 0 Å². The number of aliphatic hydroxyl groups is 1. The number of aliphatic hydroxyl groups excluding tert-OH is 1. The number of rotatable bonds is 6. The van der Waals surface area contributed by atoms with Crippen molar-refractivity contribution in [2.24, 2.45) is 0 Å². The Hall–Kier alpha value is -2.67. The van der Waals surface area contributed by atoms with E-state index in [1.807, 2.05) is 48.4 Å². The number of nitrogens with zero attached hydrogens (tertiary/aromatic N) is 1. The molecule has 1 N–H and O–H groups in total. The zero-order valence-corrected chi connectivity index (χ0v) is 15.6. The Bertz CT molecular complexity index is 958. The first-order chi connectivity index (χ1) is 12.9. The summed E-state index contributed by atoms with van der Waals surface area (Å²) in [6.45, 7) is 5.40. The van der Waals surface area contributed by atoms with Crippen LogP contribution in [0.4, 0.5) is 5.69 Å². The summed E-state index contributed by atoms with van der Waals surface area (Å²) in [5, 5.41) is 10.8. The fraction of sp³-hybridized carbons (Fsp3) is 0.286. The zero-order chi connectivity index (χ0) is 19.6. The maximum Gasteiger partial charge on any atom is 0.338 e. The van der Waals surface area contributed by atoms with E-state index in [1.165, 1.54) is 6.07 Å². The average Bonchev–Trinajstić information content (AvgIpc) is 2.66. The van der Waals surface area contributed by atoms with E-state index in [-0.39, 0.29) is 6.10 Å². The van der Waals surface area contributed by atoms with Gasteiger partial charge in [-0.25, -0.2) is 4.79 Å². The second kappa shape index (κ2) is 7.92. The van der Waals surface area contributed by atoms with Crippen LogP contribution in [0.5, 0.6) is 0 Å². The fourth-order valence-electron chi connectivity index (χ4n) is 2.95. The van der Waals surface area contributed by atoms with Crippen molar-refractivity contribution in [2.75, 3.05) is 19.1 Å². The Labute approximate surface area is 157 Å². The molecule has 3 unspecified atom stereocenters. The third-order valence-corrected chi connectivity index (χ3v) is 4.47. The first kappa shape index (κ1) is 19.1. The third kappa shape index (κ3) is 4.03. The topological polar surface area (TPSA) is 72.1 Å². The van der Waals surface area contributed by atoms with Crippen LogP contribution in [0.15, 0.2) is 75.6 Å². The molecule has 0 saturated heterocycles. The molecule has 0 saturated carbocycles. The highest BCUT2D eigenvalue weighted by molar-refractivity contribution is 5.91. The van der Waals surface area contributed by atoms with E-state index in [0.717, 1.165) is 11.1 Å². The Morgan fingerprint density at radius 3 is 2.78 bits per heavy atom. The number of para-hydroxylation sites is 1.